The molecule has 0 amide bonds. The Bertz CT molecular complexity index is 816. The van der Waals surface area contributed by atoms with Crippen LogP contribution in [-0.2, 0) is 6.18 Å². The van der Waals surface area contributed by atoms with Crippen LogP contribution in [0.15, 0.2) is 24.3 Å². The highest BCUT2D eigenvalue weighted by molar-refractivity contribution is 6.31. The Kier molecular flexibility index (Phi) is 5.86. The number of nitro benzene ring substituents is 1. The fourth-order valence-electron chi connectivity index (χ4n) is 1.95. The van der Waals surface area contributed by atoms with Crippen LogP contribution in [0.4, 0.5) is 36.3 Å². The summed E-state index contributed by atoms with van der Waals surface area (Å²) in [4.78, 5) is 17.8. The fraction of sp³-hybridized carbons (Fsp3) is 0.333. The minimum Gasteiger partial charge on any atom is -0.352 e. The van der Waals surface area contributed by atoms with Crippen LogP contribution in [0, 0.1) is 10.1 Å². The molecule has 0 aliphatic carbocycles. The largest absolute Gasteiger partial charge is 0.433 e. The van der Waals surface area contributed by atoms with E-state index in [4.69, 9.17) is 11.6 Å². The van der Waals surface area contributed by atoms with Gasteiger partial charge in [-0.2, -0.15) is 18.2 Å². The van der Waals surface area contributed by atoms with Crippen molar-refractivity contribution in [3.8, 4) is 0 Å². The van der Waals surface area contributed by atoms with Crippen molar-refractivity contribution in [1.29, 1.82) is 0 Å². The summed E-state index contributed by atoms with van der Waals surface area (Å²) < 4.78 is 39.3. The maximum absolute atomic E-state index is 13.1. The van der Waals surface area contributed by atoms with Crippen molar-refractivity contribution >= 4 is 34.7 Å². The Hall–Kier alpha value is -2.62. The SMILES string of the molecule is CC[C@H](C)Nc1nc(Nc2cc(Cl)ccc2[N+](=O)[O-])cc(C(F)(F)F)n1. The molecular weight excluding hydrogens is 375 g/mol. The third kappa shape index (κ3) is 4.94. The number of nitrogens with one attached hydrogen (secondary N) is 2. The first kappa shape index (κ1) is 19.7. The summed E-state index contributed by atoms with van der Waals surface area (Å²) in [6, 6.07) is 4.20. The highest BCUT2D eigenvalue weighted by Gasteiger charge is 2.34. The number of nitro groups is 1. The van der Waals surface area contributed by atoms with Crippen LogP contribution < -0.4 is 10.6 Å². The van der Waals surface area contributed by atoms with Gasteiger partial charge in [0.25, 0.3) is 5.69 Å². The van der Waals surface area contributed by atoms with E-state index in [2.05, 4.69) is 20.6 Å². The number of nitrogens with zero attached hydrogens (tertiary/aromatic N) is 3. The molecule has 1 atom stereocenters. The summed E-state index contributed by atoms with van der Waals surface area (Å²) >= 11 is 5.82. The Labute approximate surface area is 151 Å². The summed E-state index contributed by atoms with van der Waals surface area (Å²) in [7, 11) is 0. The summed E-state index contributed by atoms with van der Waals surface area (Å²) in [6.07, 6.45) is -4.06. The first-order valence-corrected chi connectivity index (χ1v) is 7.91. The van der Waals surface area contributed by atoms with Gasteiger partial charge in [-0.15, -0.1) is 0 Å². The second-order valence-electron chi connectivity index (χ2n) is 5.46. The lowest BCUT2D eigenvalue weighted by Gasteiger charge is -2.15. The average molecular weight is 390 g/mol. The lowest BCUT2D eigenvalue weighted by molar-refractivity contribution is -0.383. The molecule has 1 heterocycles. The second-order valence-corrected chi connectivity index (χ2v) is 5.89. The zero-order valence-corrected chi connectivity index (χ0v) is 14.5. The van der Waals surface area contributed by atoms with Crippen molar-refractivity contribution in [1.82, 2.24) is 9.97 Å². The predicted molar refractivity (Wildman–Crippen MR) is 91.8 cm³/mol. The van der Waals surface area contributed by atoms with Crippen molar-refractivity contribution in [2.24, 2.45) is 0 Å². The summed E-state index contributed by atoms with van der Waals surface area (Å²) in [5.74, 6) is -0.482. The van der Waals surface area contributed by atoms with Crippen LogP contribution in [0.25, 0.3) is 0 Å². The van der Waals surface area contributed by atoms with E-state index in [-0.39, 0.29) is 34.2 Å². The van der Waals surface area contributed by atoms with Crippen molar-refractivity contribution in [2.45, 2.75) is 32.5 Å². The average Bonchev–Trinajstić information content (AvgIpc) is 2.53. The Morgan fingerprint density at radius 2 is 2.00 bits per heavy atom. The third-order valence-electron chi connectivity index (χ3n) is 3.42. The molecule has 0 bridgehead atoms. The van der Waals surface area contributed by atoms with Gasteiger partial charge < -0.3 is 10.6 Å². The van der Waals surface area contributed by atoms with E-state index in [0.717, 1.165) is 6.07 Å². The Morgan fingerprint density at radius 1 is 1.31 bits per heavy atom. The van der Waals surface area contributed by atoms with E-state index < -0.39 is 16.8 Å². The number of aromatic nitrogens is 2. The van der Waals surface area contributed by atoms with E-state index >= 15 is 0 Å². The summed E-state index contributed by atoms with van der Waals surface area (Å²) in [5.41, 5.74) is -1.60. The van der Waals surface area contributed by atoms with Gasteiger partial charge in [0.05, 0.1) is 4.92 Å². The van der Waals surface area contributed by atoms with Gasteiger partial charge in [0, 0.05) is 23.2 Å². The molecule has 2 aromatic rings. The molecule has 2 rings (SSSR count). The molecule has 0 spiro atoms. The van der Waals surface area contributed by atoms with E-state index in [1.165, 1.54) is 12.1 Å². The highest BCUT2D eigenvalue weighted by Crippen LogP contribution is 2.33. The zero-order valence-electron chi connectivity index (χ0n) is 13.8. The molecule has 11 heteroatoms. The van der Waals surface area contributed by atoms with Gasteiger partial charge >= 0.3 is 6.18 Å². The molecule has 2 N–H and O–H groups in total. The monoisotopic (exact) mass is 389 g/mol. The highest BCUT2D eigenvalue weighted by atomic mass is 35.5. The number of rotatable bonds is 6. The quantitative estimate of drug-likeness (QED) is 0.532. The Balaban J connectivity index is 2.47. The number of alkyl halides is 3. The van der Waals surface area contributed by atoms with Gasteiger partial charge in [-0.05, 0) is 25.5 Å². The molecule has 7 nitrogen and oxygen atoms in total. The van der Waals surface area contributed by atoms with Crippen LogP contribution >= 0.6 is 11.6 Å². The van der Waals surface area contributed by atoms with Crippen LogP contribution in [0.3, 0.4) is 0 Å². The molecule has 0 aliphatic rings. The van der Waals surface area contributed by atoms with Crippen molar-refractivity contribution < 1.29 is 18.1 Å². The predicted octanol–water partition coefficient (Wildman–Crippen LogP) is 5.01. The lowest BCUT2D eigenvalue weighted by Crippen LogP contribution is -2.18. The van der Waals surface area contributed by atoms with E-state index in [9.17, 15) is 23.3 Å². The van der Waals surface area contributed by atoms with Gasteiger partial charge in [-0.25, -0.2) is 4.98 Å². The van der Waals surface area contributed by atoms with Gasteiger partial charge in [-0.1, -0.05) is 18.5 Å². The van der Waals surface area contributed by atoms with Crippen molar-refractivity contribution in [3.05, 3.63) is 45.1 Å². The molecule has 0 unspecified atom stereocenters. The normalized spacial score (nSPS) is 12.5. The maximum Gasteiger partial charge on any atom is 0.433 e. The standard InChI is InChI=1S/C15H15ClF3N5O2/c1-3-8(2)20-14-22-12(15(17,18)19)7-13(23-14)21-10-6-9(16)4-5-11(10)24(25)26/h4-8H,3H2,1-2H3,(H2,20,21,22,23)/t8-/m0/s1. The van der Waals surface area contributed by atoms with E-state index in [1.54, 1.807) is 6.92 Å². The number of hydrogen-bond acceptors (Lipinski definition) is 6. The lowest BCUT2D eigenvalue weighted by atomic mass is 10.2. The van der Waals surface area contributed by atoms with Crippen LogP contribution in [0.1, 0.15) is 26.0 Å². The minimum atomic E-state index is -4.70. The number of hydrogen-bond donors (Lipinski definition) is 2. The fourth-order valence-corrected chi connectivity index (χ4v) is 2.12. The number of benzene rings is 1. The molecular formula is C15H15ClF3N5O2. The molecule has 0 saturated heterocycles. The van der Waals surface area contributed by atoms with Crippen LogP contribution in [-0.4, -0.2) is 20.9 Å². The van der Waals surface area contributed by atoms with E-state index in [0.29, 0.717) is 12.5 Å². The third-order valence-corrected chi connectivity index (χ3v) is 3.66. The molecule has 1 aromatic carbocycles. The Morgan fingerprint density at radius 3 is 2.58 bits per heavy atom. The van der Waals surface area contributed by atoms with Gasteiger partial charge in [0.1, 0.15) is 11.5 Å². The molecule has 26 heavy (non-hydrogen) atoms. The first-order valence-electron chi connectivity index (χ1n) is 7.54. The maximum atomic E-state index is 13.1. The van der Waals surface area contributed by atoms with E-state index in [1.807, 2.05) is 6.92 Å². The molecule has 0 aliphatic heterocycles. The molecule has 0 fully saturated rings. The van der Waals surface area contributed by atoms with Crippen molar-refractivity contribution in [3.63, 3.8) is 0 Å². The summed E-state index contributed by atoms with van der Waals surface area (Å²) in [5, 5.41) is 16.6. The first-order chi connectivity index (χ1) is 12.1. The van der Waals surface area contributed by atoms with Crippen molar-refractivity contribution in [2.75, 3.05) is 10.6 Å². The summed E-state index contributed by atoms with van der Waals surface area (Å²) in [6.45, 7) is 3.61. The minimum absolute atomic E-state index is 0.0798. The zero-order chi connectivity index (χ0) is 19.5. The molecule has 0 saturated carbocycles. The molecule has 140 valence electrons. The van der Waals surface area contributed by atoms with Gasteiger partial charge in [-0.3, -0.25) is 10.1 Å². The van der Waals surface area contributed by atoms with Gasteiger partial charge in [0.2, 0.25) is 5.95 Å². The molecule has 1 aromatic heterocycles. The topological polar surface area (TPSA) is 93.0 Å². The van der Waals surface area contributed by atoms with Crippen LogP contribution in [0.2, 0.25) is 5.02 Å². The second kappa shape index (κ2) is 7.73. The number of anilines is 3. The molecule has 0 radical (unpaired) electrons. The van der Waals surface area contributed by atoms with Gasteiger partial charge in [0.15, 0.2) is 5.69 Å². The number of halogens is 4. The van der Waals surface area contributed by atoms with Crippen LogP contribution in [0.5, 0.6) is 0 Å². The smallest absolute Gasteiger partial charge is 0.352 e.